The summed E-state index contributed by atoms with van der Waals surface area (Å²) in [5.74, 6) is 1.30. The fourth-order valence-electron chi connectivity index (χ4n) is 3.28. The van der Waals surface area contributed by atoms with Gasteiger partial charge in [0, 0.05) is 18.4 Å². The summed E-state index contributed by atoms with van der Waals surface area (Å²) < 4.78 is 16.3. The summed E-state index contributed by atoms with van der Waals surface area (Å²) in [6.07, 6.45) is 7.27. The van der Waals surface area contributed by atoms with Gasteiger partial charge in [-0.15, -0.1) is 0 Å². The standard InChI is InChI=1S/C20H25N3O4/c1-25-17-9-4-14(12-18(17)26-2)13-19(24)23-15-5-7-16(8-6-15)27-20-21-10-3-11-22-20/h3-4,9-12,15-16H,5-8,13H2,1-2H3,(H,23,24). The van der Waals surface area contributed by atoms with Crippen LogP contribution in [0.25, 0.3) is 0 Å². The molecule has 0 spiro atoms. The Morgan fingerprint density at radius 3 is 2.44 bits per heavy atom. The smallest absolute Gasteiger partial charge is 0.316 e. The fraction of sp³-hybridized carbons (Fsp3) is 0.450. The summed E-state index contributed by atoms with van der Waals surface area (Å²) in [5.41, 5.74) is 0.892. The first kappa shape index (κ1) is 18.9. The van der Waals surface area contributed by atoms with Crippen LogP contribution in [0, 0.1) is 0 Å². The lowest BCUT2D eigenvalue weighted by Crippen LogP contribution is -2.40. The highest BCUT2D eigenvalue weighted by Gasteiger charge is 2.24. The number of carbonyl (C=O) groups is 1. The molecular weight excluding hydrogens is 346 g/mol. The molecule has 0 bridgehead atoms. The third-order valence-electron chi connectivity index (χ3n) is 4.67. The molecule has 0 radical (unpaired) electrons. The molecule has 0 atom stereocenters. The summed E-state index contributed by atoms with van der Waals surface area (Å²) in [5, 5.41) is 3.12. The van der Waals surface area contributed by atoms with Crippen molar-refractivity contribution in [2.45, 2.75) is 44.2 Å². The number of benzene rings is 1. The molecule has 1 N–H and O–H groups in total. The van der Waals surface area contributed by atoms with Gasteiger partial charge in [0.05, 0.1) is 20.6 Å². The van der Waals surface area contributed by atoms with Crippen LogP contribution in [0.1, 0.15) is 31.2 Å². The molecule has 1 aromatic carbocycles. The van der Waals surface area contributed by atoms with Gasteiger partial charge in [0.15, 0.2) is 11.5 Å². The number of nitrogens with zero attached hydrogens (tertiary/aromatic N) is 2. The van der Waals surface area contributed by atoms with Crippen molar-refractivity contribution in [3.63, 3.8) is 0 Å². The molecule has 1 aromatic heterocycles. The van der Waals surface area contributed by atoms with Crippen LogP contribution >= 0.6 is 0 Å². The second-order valence-electron chi connectivity index (χ2n) is 6.56. The second kappa shape index (κ2) is 9.21. The normalized spacial score (nSPS) is 19.2. The third-order valence-corrected chi connectivity index (χ3v) is 4.67. The van der Waals surface area contributed by atoms with Crippen LogP contribution in [0.4, 0.5) is 0 Å². The van der Waals surface area contributed by atoms with Gasteiger partial charge in [0.2, 0.25) is 5.91 Å². The molecule has 2 aromatic rings. The van der Waals surface area contributed by atoms with E-state index >= 15 is 0 Å². The quantitative estimate of drug-likeness (QED) is 0.805. The average Bonchev–Trinajstić information content (AvgIpc) is 2.70. The maximum absolute atomic E-state index is 12.4. The van der Waals surface area contributed by atoms with Gasteiger partial charge in [-0.25, -0.2) is 9.97 Å². The number of hydrogen-bond donors (Lipinski definition) is 1. The van der Waals surface area contributed by atoms with E-state index < -0.39 is 0 Å². The molecule has 0 unspecified atom stereocenters. The van der Waals surface area contributed by atoms with Crippen LogP contribution in [0.2, 0.25) is 0 Å². The molecule has 1 aliphatic rings. The van der Waals surface area contributed by atoms with E-state index in [0.29, 0.717) is 23.9 Å². The Labute approximate surface area is 159 Å². The zero-order valence-electron chi connectivity index (χ0n) is 15.7. The Balaban J connectivity index is 1.45. The van der Waals surface area contributed by atoms with E-state index in [4.69, 9.17) is 14.2 Å². The van der Waals surface area contributed by atoms with E-state index in [1.165, 1.54) is 0 Å². The molecule has 1 heterocycles. The van der Waals surface area contributed by atoms with Crippen LogP contribution in [-0.4, -0.2) is 42.2 Å². The monoisotopic (exact) mass is 371 g/mol. The van der Waals surface area contributed by atoms with Gasteiger partial charge in [0.25, 0.3) is 0 Å². The van der Waals surface area contributed by atoms with Gasteiger partial charge >= 0.3 is 6.01 Å². The van der Waals surface area contributed by atoms with E-state index in [-0.39, 0.29) is 18.1 Å². The highest BCUT2D eigenvalue weighted by Crippen LogP contribution is 2.28. The van der Waals surface area contributed by atoms with Gasteiger partial charge in [-0.1, -0.05) is 6.07 Å². The first-order valence-electron chi connectivity index (χ1n) is 9.12. The van der Waals surface area contributed by atoms with Crippen LogP contribution in [0.3, 0.4) is 0 Å². The van der Waals surface area contributed by atoms with Crippen molar-refractivity contribution in [1.29, 1.82) is 0 Å². The number of amides is 1. The number of aromatic nitrogens is 2. The molecule has 0 saturated heterocycles. The summed E-state index contributed by atoms with van der Waals surface area (Å²) in [6, 6.07) is 7.88. The molecule has 144 valence electrons. The molecule has 1 aliphatic carbocycles. The summed E-state index contributed by atoms with van der Waals surface area (Å²) in [4.78, 5) is 20.6. The predicted octanol–water partition coefficient (Wildman–Crippen LogP) is 2.54. The van der Waals surface area contributed by atoms with Crippen molar-refractivity contribution in [2.24, 2.45) is 0 Å². The Hall–Kier alpha value is -2.83. The van der Waals surface area contributed by atoms with Crippen molar-refractivity contribution < 1.29 is 19.0 Å². The Morgan fingerprint density at radius 2 is 1.78 bits per heavy atom. The number of nitrogens with one attached hydrogen (secondary N) is 1. The molecule has 27 heavy (non-hydrogen) atoms. The third kappa shape index (κ3) is 5.32. The van der Waals surface area contributed by atoms with Gasteiger partial charge in [0.1, 0.15) is 6.10 Å². The summed E-state index contributed by atoms with van der Waals surface area (Å²) >= 11 is 0. The van der Waals surface area contributed by atoms with E-state index in [1.54, 1.807) is 32.7 Å². The van der Waals surface area contributed by atoms with Crippen molar-refractivity contribution >= 4 is 5.91 Å². The number of carbonyl (C=O) groups excluding carboxylic acids is 1. The molecule has 7 nitrogen and oxygen atoms in total. The van der Waals surface area contributed by atoms with Crippen molar-refractivity contribution in [2.75, 3.05) is 14.2 Å². The molecule has 0 aliphatic heterocycles. The van der Waals surface area contributed by atoms with Gasteiger partial charge in [-0.05, 0) is 49.4 Å². The van der Waals surface area contributed by atoms with Crippen molar-refractivity contribution in [3.05, 3.63) is 42.2 Å². The zero-order chi connectivity index (χ0) is 19.1. The first-order chi connectivity index (χ1) is 13.2. The van der Waals surface area contributed by atoms with Crippen LogP contribution in [-0.2, 0) is 11.2 Å². The zero-order valence-corrected chi connectivity index (χ0v) is 15.7. The Bertz CT molecular complexity index is 746. The molecular formula is C20H25N3O4. The molecule has 1 fully saturated rings. The number of ether oxygens (including phenoxy) is 3. The van der Waals surface area contributed by atoms with Gasteiger partial charge in [-0.3, -0.25) is 4.79 Å². The fourth-order valence-corrected chi connectivity index (χ4v) is 3.28. The maximum atomic E-state index is 12.4. The van der Waals surface area contributed by atoms with Crippen LogP contribution in [0.15, 0.2) is 36.7 Å². The lowest BCUT2D eigenvalue weighted by atomic mass is 9.93. The molecule has 7 heteroatoms. The van der Waals surface area contributed by atoms with E-state index in [2.05, 4.69) is 15.3 Å². The van der Waals surface area contributed by atoms with Crippen molar-refractivity contribution in [3.8, 4) is 17.5 Å². The van der Waals surface area contributed by atoms with E-state index in [9.17, 15) is 4.79 Å². The average molecular weight is 371 g/mol. The second-order valence-corrected chi connectivity index (χ2v) is 6.56. The van der Waals surface area contributed by atoms with Gasteiger partial charge < -0.3 is 19.5 Å². The first-order valence-corrected chi connectivity index (χ1v) is 9.12. The minimum atomic E-state index is 0.0120. The van der Waals surface area contributed by atoms with Crippen LogP contribution < -0.4 is 19.5 Å². The minimum Gasteiger partial charge on any atom is -0.493 e. The van der Waals surface area contributed by atoms with E-state index in [0.717, 1.165) is 31.2 Å². The lowest BCUT2D eigenvalue weighted by Gasteiger charge is -2.28. The largest absolute Gasteiger partial charge is 0.493 e. The van der Waals surface area contributed by atoms with Crippen molar-refractivity contribution in [1.82, 2.24) is 15.3 Å². The lowest BCUT2D eigenvalue weighted by molar-refractivity contribution is -0.121. The van der Waals surface area contributed by atoms with Crippen LogP contribution in [0.5, 0.6) is 17.5 Å². The molecule has 1 saturated carbocycles. The predicted molar refractivity (Wildman–Crippen MR) is 100 cm³/mol. The van der Waals surface area contributed by atoms with Gasteiger partial charge in [-0.2, -0.15) is 0 Å². The summed E-state index contributed by atoms with van der Waals surface area (Å²) in [6.45, 7) is 0. The minimum absolute atomic E-state index is 0.0120. The topological polar surface area (TPSA) is 82.6 Å². The highest BCUT2D eigenvalue weighted by molar-refractivity contribution is 5.79. The molecule has 1 amide bonds. The molecule has 3 rings (SSSR count). The number of methoxy groups -OCH3 is 2. The number of hydrogen-bond acceptors (Lipinski definition) is 6. The highest BCUT2D eigenvalue weighted by atomic mass is 16.5. The SMILES string of the molecule is COc1ccc(CC(=O)NC2CCC(Oc3ncccn3)CC2)cc1OC. The maximum Gasteiger partial charge on any atom is 0.316 e. The van der Waals surface area contributed by atoms with E-state index in [1.807, 2.05) is 18.2 Å². The Kier molecular flexibility index (Phi) is 6.46. The number of rotatable bonds is 7. The Morgan fingerprint density at radius 1 is 1.07 bits per heavy atom. The summed E-state index contributed by atoms with van der Waals surface area (Å²) in [7, 11) is 3.18.